The second-order valence-corrected chi connectivity index (χ2v) is 7.01. The van der Waals surface area contributed by atoms with Crippen LogP contribution in [0.4, 0.5) is 11.4 Å². The van der Waals surface area contributed by atoms with Gasteiger partial charge < -0.3 is 4.42 Å². The second kappa shape index (κ2) is 8.38. The number of furan rings is 1. The fourth-order valence-electron chi connectivity index (χ4n) is 2.46. The number of allylic oxidation sites excluding steroid dienone is 1. The number of nitro groups is 2. The number of nitro benzene ring substituents is 2. The fraction of sp³-hybridized carbons (Fsp3) is 0. The summed E-state index contributed by atoms with van der Waals surface area (Å²) in [6.45, 7) is 0. The summed E-state index contributed by atoms with van der Waals surface area (Å²) >= 11 is 9.02. The van der Waals surface area contributed by atoms with E-state index in [1.165, 1.54) is 36.4 Å². The van der Waals surface area contributed by atoms with E-state index in [4.69, 9.17) is 16.0 Å². The normalized spacial score (nSPS) is 11.0. The van der Waals surface area contributed by atoms with Crippen LogP contribution in [0, 0.1) is 20.2 Å². The van der Waals surface area contributed by atoms with Gasteiger partial charge in [-0.3, -0.25) is 25.0 Å². The topological polar surface area (TPSA) is 116 Å². The zero-order valence-corrected chi connectivity index (χ0v) is 16.7. The van der Waals surface area contributed by atoms with Crippen LogP contribution in [0.25, 0.3) is 17.4 Å². The van der Waals surface area contributed by atoms with Crippen LogP contribution in [0.15, 0.2) is 63.5 Å². The largest absolute Gasteiger partial charge is 0.457 e. The number of rotatable bonds is 6. The molecule has 1 aromatic heterocycles. The molecule has 29 heavy (non-hydrogen) atoms. The Hall–Kier alpha value is -3.30. The predicted molar refractivity (Wildman–Crippen MR) is 110 cm³/mol. The molecule has 0 aliphatic rings. The molecular formula is C19H10BrClN2O6. The lowest BCUT2D eigenvalue weighted by atomic mass is 10.1. The first-order chi connectivity index (χ1) is 13.8. The number of carbonyl (C=O) groups is 1. The van der Waals surface area contributed by atoms with Crippen molar-refractivity contribution in [2.75, 3.05) is 0 Å². The molecule has 0 unspecified atom stereocenters. The van der Waals surface area contributed by atoms with E-state index in [2.05, 4.69) is 15.9 Å². The Kier molecular flexibility index (Phi) is 5.90. The molecule has 10 heteroatoms. The highest BCUT2D eigenvalue weighted by atomic mass is 79.9. The molecule has 0 amide bonds. The summed E-state index contributed by atoms with van der Waals surface area (Å²) in [5, 5.41) is 21.7. The lowest BCUT2D eigenvalue weighted by molar-refractivity contribution is -0.385. The van der Waals surface area contributed by atoms with Crippen molar-refractivity contribution in [1.82, 2.24) is 0 Å². The van der Waals surface area contributed by atoms with E-state index in [-0.39, 0.29) is 22.0 Å². The molecule has 0 radical (unpaired) electrons. The van der Waals surface area contributed by atoms with Crippen molar-refractivity contribution in [3.05, 3.63) is 95.7 Å². The van der Waals surface area contributed by atoms with E-state index in [1.807, 2.05) is 0 Å². The van der Waals surface area contributed by atoms with Gasteiger partial charge in [0.2, 0.25) is 0 Å². The van der Waals surface area contributed by atoms with E-state index in [9.17, 15) is 25.0 Å². The van der Waals surface area contributed by atoms with E-state index in [1.54, 1.807) is 18.2 Å². The van der Waals surface area contributed by atoms with Gasteiger partial charge in [-0.05, 0) is 58.4 Å². The molecule has 0 atom stereocenters. The molecule has 0 bridgehead atoms. The van der Waals surface area contributed by atoms with Crippen molar-refractivity contribution < 1.29 is 19.1 Å². The van der Waals surface area contributed by atoms with Gasteiger partial charge in [-0.15, -0.1) is 0 Å². The molecule has 2 aromatic carbocycles. The Morgan fingerprint density at radius 1 is 1.03 bits per heavy atom. The molecule has 0 aliphatic heterocycles. The minimum atomic E-state index is -0.663. The number of benzene rings is 2. The van der Waals surface area contributed by atoms with Gasteiger partial charge >= 0.3 is 0 Å². The van der Waals surface area contributed by atoms with Gasteiger partial charge in [0.05, 0.1) is 9.85 Å². The maximum Gasteiger partial charge on any atom is 0.288 e. The minimum absolute atomic E-state index is 0.0557. The smallest absolute Gasteiger partial charge is 0.288 e. The maximum atomic E-state index is 12.3. The fourth-order valence-corrected chi connectivity index (χ4v) is 3.21. The summed E-state index contributed by atoms with van der Waals surface area (Å²) in [6, 6.07) is 11.3. The van der Waals surface area contributed by atoms with Gasteiger partial charge in [-0.2, -0.15) is 0 Å². The number of halogens is 2. The van der Waals surface area contributed by atoms with Crippen molar-refractivity contribution in [2.45, 2.75) is 0 Å². The molecule has 0 spiro atoms. The summed E-state index contributed by atoms with van der Waals surface area (Å²) in [5.41, 5.74) is 0.307. The first-order valence-electron chi connectivity index (χ1n) is 7.97. The Bertz CT molecular complexity index is 1170. The van der Waals surface area contributed by atoms with Gasteiger partial charge in [-0.25, -0.2) is 0 Å². The van der Waals surface area contributed by atoms with Crippen LogP contribution in [0.5, 0.6) is 0 Å². The SMILES string of the molecule is O=C(C=Cc1ccc(-c2ccc([N+](=O)[O-])cc2Br)o1)c1ccc(Cl)c([N+](=O)[O-])c1. The van der Waals surface area contributed by atoms with Crippen molar-refractivity contribution in [3.63, 3.8) is 0 Å². The van der Waals surface area contributed by atoms with Crippen LogP contribution in [-0.2, 0) is 0 Å². The molecule has 0 fully saturated rings. The lowest BCUT2D eigenvalue weighted by Gasteiger charge is -2.01. The lowest BCUT2D eigenvalue weighted by Crippen LogP contribution is -1.97. The highest BCUT2D eigenvalue weighted by Crippen LogP contribution is 2.33. The number of carbonyl (C=O) groups excluding carboxylic acids is 1. The van der Waals surface area contributed by atoms with Crippen LogP contribution in [0.3, 0.4) is 0 Å². The summed E-state index contributed by atoms with van der Waals surface area (Å²) in [6.07, 6.45) is 2.64. The average Bonchev–Trinajstić information content (AvgIpc) is 3.14. The van der Waals surface area contributed by atoms with Gasteiger partial charge in [0, 0.05) is 33.8 Å². The van der Waals surface area contributed by atoms with Crippen LogP contribution >= 0.6 is 27.5 Å². The molecule has 0 N–H and O–H groups in total. The van der Waals surface area contributed by atoms with E-state index in [0.29, 0.717) is 21.6 Å². The van der Waals surface area contributed by atoms with Gasteiger partial charge in [-0.1, -0.05) is 11.6 Å². The Morgan fingerprint density at radius 3 is 2.45 bits per heavy atom. The first kappa shape index (κ1) is 20.4. The molecule has 146 valence electrons. The molecule has 0 saturated carbocycles. The van der Waals surface area contributed by atoms with E-state index in [0.717, 1.165) is 6.07 Å². The van der Waals surface area contributed by atoms with Crippen molar-refractivity contribution in [3.8, 4) is 11.3 Å². The zero-order valence-electron chi connectivity index (χ0n) is 14.4. The van der Waals surface area contributed by atoms with Gasteiger partial charge in [0.25, 0.3) is 11.4 Å². The monoisotopic (exact) mass is 476 g/mol. The molecule has 8 nitrogen and oxygen atoms in total. The van der Waals surface area contributed by atoms with Crippen molar-refractivity contribution >= 4 is 50.8 Å². The number of ketones is 1. The third kappa shape index (κ3) is 4.58. The second-order valence-electron chi connectivity index (χ2n) is 5.74. The third-order valence-corrected chi connectivity index (χ3v) is 4.86. The minimum Gasteiger partial charge on any atom is -0.457 e. The summed E-state index contributed by atoms with van der Waals surface area (Å²) in [5.74, 6) is 0.349. The zero-order chi connectivity index (χ0) is 21.1. The summed E-state index contributed by atoms with van der Waals surface area (Å²) in [4.78, 5) is 32.9. The number of hydrogen-bond acceptors (Lipinski definition) is 6. The summed E-state index contributed by atoms with van der Waals surface area (Å²) in [7, 11) is 0. The van der Waals surface area contributed by atoms with Crippen LogP contribution in [-0.4, -0.2) is 15.6 Å². The number of hydrogen-bond donors (Lipinski definition) is 0. The first-order valence-corrected chi connectivity index (χ1v) is 9.14. The Labute approximate surface area is 176 Å². The van der Waals surface area contributed by atoms with Crippen LogP contribution in [0.2, 0.25) is 5.02 Å². The van der Waals surface area contributed by atoms with Crippen molar-refractivity contribution in [2.24, 2.45) is 0 Å². The Balaban J connectivity index is 1.81. The average molecular weight is 478 g/mol. The summed E-state index contributed by atoms with van der Waals surface area (Å²) < 4.78 is 6.14. The third-order valence-electron chi connectivity index (χ3n) is 3.88. The quantitative estimate of drug-likeness (QED) is 0.184. The number of non-ortho nitro benzene ring substituents is 1. The molecule has 1 heterocycles. The predicted octanol–water partition coefficient (Wildman–Crippen LogP) is 6.08. The van der Waals surface area contributed by atoms with Crippen LogP contribution < -0.4 is 0 Å². The molecule has 0 aliphatic carbocycles. The van der Waals surface area contributed by atoms with Crippen LogP contribution in [0.1, 0.15) is 16.1 Å². The van der Waals surface area contributed by atoms with Gasteiger partial charge in [0.15, 0.2) is 5.78 Å². The van der Waals surface area contributed by atoms with Gasteiger partial charge in [0.1, 0.15) is 16.5 Å². The molecular weight excluding hydrogens is 468 g/mol. The Morgan fingerprint density at radius 2 is 1.79 bits per heavy atom. The maximum absolute atomic E-state index is 12.3. The van der Waals surface area contributed by atoms with Crippen molar-refractivity contribution in [1.29, 1.82) is 0 Å². The molecule has 3 rings (SSSR count). The standard InChI is InChI=1S/C19H10BrClN2O6/c20-15-10-12(22(25)26)2-5-14(15)19-8-4-13(29-19)3-7-18(24)11-1-6-16(21)17(9-11)23(27)28/h1-10H. The van der Waals surface area contributed by atoms with E-state index >= 15 is 0 Å². The molecule has 3 aromatic rings. The highest BCUT2D eigenvalue weighted by Gasteiger charge is 2.16. The highest BCUT2D eigenvalue weighted by molar-refractivity contribution is 9.10. The van der Waals surface area contributed by atoms with E-state index < -0.39 is 15.6 Å². The number of nitrogens with zero attached hydrogens (tertiary/aromatic N) is 2. The molecule has 0 saturated heterocycles.